The molecule has 0 spiro atoms. The molecule has 3 unspecified atom stereocenters. The van der Waals surface area contributed by atoms with Gasteiger partial charge < -0.3 is 10.5 Å². The number of hydrogen-bond donors (Lipinski definition) is 1. The van der Waals surface area contributed by atoms with Gasteiger partial charge in [0.05, 0.1) is 24.9 Å². The summed E-state index contributed by atoms with van der Waals surface area (Å²) in [5.41, 5.74) is 7.11. The van der Waals surface area contributed by atoms with Crippen molar-refractivity contribution in [3.05, 3.63) is 11.9 Å². The normalized spacial score (nSPS) is 34.8. The average molecular weight is 278 g/mol. The standard InChI is InChI=1S/C15H26N4O/c1-14(2)11-4-5-15(14,3)13(8-11)20-7-6-19-10-12(9-16)17-18-19/h10-11,13H,4-9,16H2,1-3H3. The van der Waals surface area contributed by atoms with Crippen LogP contribution in [0.4, 0.5) is 0 Å². The molecule has 2 N–H and O–H groups in total. The Morgan fingerprint density at radius 2 is 2.25 bits per heavy atom. The largest absolute Gasteiger partial charge is 0.376 e. The summed E-state index contributed by atoms with van der Waals surface area (Å²) in [5, 5.41) is 8.04. The van der Waals surface area contributed by atoms with E-state index in [9.17, 15) is 0 Å². The monoisotopic (exact) mass is 278 g/mol. The smallest absolute Gasteiger partial charge is 0.0962 e. The topological polar surface area (TPSA) is 66.0 Å². The zero-order valence-electron chi connectivity index (χ0n) is 12.8. The lowest BCUT2D eigenvalue weighted by atomic mass is 9.70. The highest BCUT2D eigenvalue weighted by Gasteiger charge is 2.61. The molecule has 0 aliphatic heterocycles. The number of nitrogens with zero attached hydrogens (tertiary/aromatic N) is 3. The molecule has 3 rings (SSSR count). The summed E-state index contributed by atoms with van der Waals surface area (Å²) < 4.78 is 8.02. The number of nitrogens with two attached hydrogens (primary N) is 1. The third kappa shape index (κ3) is 1.99. The molecule has 2 fully saturated rings. The van der Waals surface area contributed by atoms with Gasteiger partial charge in [-0.3, -0.25) is 0 Å². The number of aromatic nitrogens is 3. The van der Waals surface area contributed by atoms with E-state index in [4.69, 9.17) is 10.5 Å². The third-order valence-corrected chi connectivity index (χ3v) is 6.15. The van der Waals surface area contributed by atoms with Crippen molar-refractivity contribution in [2.24, 2.45) is 22.5 Å². The van der Waals surface area contributed by atoms with Crippen LogP contribution in [0.5, 0.6) is 0 Å². The zero-order valence-corrected chi connectivity index (χ0v) is 12.8. The van der Waals surface area contributed by atoms with E-state index in [0.29, 0.717) is 30.1 Å². The molecule has 0 radical (unpaired) electrons. The maximum atomic E-state index is 6.20. The fourth-order valence-corrected chi connectivity index (χ4v) is 4.21. The van der Waals surface area contributed by atoms with Gasteiger partial charge in [-0.2, -0.15) is 0 Å². The van der Waals surface area contributed by atoms with Gasteiger partial charge in [0.25, 0.3) is 0 Å². The Bertz CT molecular complexity index is 484. The van der Waals surface area contributed by atoms with Crippen molar-refractivity contribution >= 4 is 0 Å². The van der Waals surface area contributed by atoms with Gasteiger partial charge in [0.1, 0.15) is 0 Å². The van der Waals surface area contributed by atoms with E-state index < -0.39 is 0 Å². The Morgan fingerprint density at radius 3 is 2.80 bits per heavy atom. The third-order valence-electron chi connectivity index (χ3n) is 6.15. The van der Waals surface area contributed by atoms with Crippen LogP contribution in [-0.2, 0) is 17.8 Å². The van der Waals surface area contributed by atoms with Crippen molar-refractivity contribution < 1.29 is 4.74 Å². The molecule has 1 heterocycles. The molecule has 2 saturated carbocycles. The van der Waals surface area contributed by atoms with Crippen LogP contribution in [0.2, 0.25) is 0 Å². The van der Waals surface area contributed by atoms with Crippen LogP contribution in [-0.4, -0.2) is 27.7 Å². The van der Waals surface area contributed by atoms with E-state index in [1.165, 1.54) is 19.3 Å². The van der Waals surface area contributed by atoms with Crippen LogP contribution < -0.4 is 5.73 Å². The quantitative estimate of drug-likeness (QED) is 0.894. The number of fused-ring (bicyclic) bond motifs is 2. The van der Waals surface area contributed by atoms with Gasteiger partial charge >= 0.3 is 0 Å². The minimum atomic E-state index is 0.336. The van der Waals surface area contributed by atoms with Crippen molar-refractivity contribution in [3.8, 4) is 0 Å². The van der Waals surface area contributed by atoms with Gasteiger partial charge in [-0.05, 0) is 36.0 Å². The number of hydrogen-bond acceptors (Lipinski definition) is 4. The van der Waals surface area contributed by atoms with Gasteiger partial charge in [0, 0.05) is 12.7 Å². The first kappa shape index (κ1) is 14.0. The molecule has 0 aromatic carbocycles. The first-order chi connectivity index (χ1) is 9.47. The van der Waals surface area contributed by atoms with Gasteiger partial charge in [-0.25, -0.2) is 4.68 Å². The van der Waals surface area contributed by atoms with E-state index >= 15 is 0 Å². The molecule has 2 aliphatic carbocycles. The average Bonchev–Trinajstić information content (AvgIpc) is 3.01. The van der Waals surface area contributed by atoms with Gasteiger partial charge in [0.15, 0.2) is 0 Å². The molecule has 0 amide bonds. The molecule has 2 aliphatic rings. The summed E-state index contributed by atoms with van der Waals surface area (Å²) >= 11 is 0. The van der Waals surface area contributed by atoms with Crippen LogP contribution in [0.1, 0.15) is 45.7 Å². The Kier molecular flexibility index (Phi) is 3.37. The molecule has 1 aromatic rings. The minimum absolute atomic E-state index is 0.336. The fourth-order valence-electron chi connectivity index (χ4n) is 4.21. The van der Waals surface area contributed by atoms with E-state index in [1.807, 2.05) is 10.9 Å². The number of rotatable bonds is 5. The van der Waals surface area contributed by atoms with Crippen LogP contribution in [0, 0.1) is 16.7 Å². The summed E-state index contributed by atoms with van der Waals surface area (Å²) in [6.45, 7) is 9.14. The van der Waals surface area contributed by atoms with E-state index in [1.54, 1.807) is 0 Å². The highest BCUT2D eigenvalue weighted by atomic mass is 16.5. The summed E-state index contributed by atoms with van der Waals surface area (Å²) in [5.74, 6) is 0.827. The summed E-state index contributed by atoms with van der Waals surface area (Å²) in [4.78, 5) is 0. The molecule has 20 heavy (non-hydrogen) atoms. The van der Waals surface area contributed by atoms with Crippen molar-refractivity contribution in [1.82, 2.24) is 15.0 Å². The maximum Gasteiger partial charge on any atom is 0.0962 e. The summed E-state index contributed by atoms with van der Waals surface area (Å²) in [6, 6.07) is 0. The highest BCUT2D eigenvalue weighted by molar-refractivity contribution is 5.11. The molecule has 2 bridgehead atoms. The second kappa shape index (κ2) is 4.81. The van der Waals surface area contributed by atoms with Crippen LogP contribution in [0.3, 0.4) is 0 Å². The predicted octanol–water partition coefficient (Wildman–Crippen LogP) is 1.97. The molecule has 0 saturated heterocycles. The SMILES string of the molecule is CC1(C)C2CCC1(C)C(OCCn1cc(CN)nn1)C2. The first-order valence-corrected chi connectivity index (χ1v) is 7.68. The van der Waals surface area contributed by atoms with Crippen molar-refractivity contribution in [3.63, 3.8) is 0 Å². The van der Waals surface area contributed by atoms with Crippen LogP contribution in [0.25, 0.3) is 0 Å². The Hall–Kier alpha value is -0.940. The lowest BCUT2D eigenvalue weighted by molar-refractivity contribution is -0.0495. The van der Waals surface area contributed by atoms with Crippen molar-refractivity contribution in [2.45, 2.75) is 59.2 Å². The number of ether oxygens (including phenoxy) is 1. The second-order valence-electron chi connectivity index (χ2n) is 7.15. The molecule has 5 nitrogen and oxygen atoms in total. The second-order valence-corrected chi connectivity index (χ2v) is 7.15. The lowest BCUT2D eigenvalue weighted by Gasteiger charge is -2.38. The minimum Gasteiger partial charge on any atom is -0.376 e. The summed E-state index contributed by atoms with van der Waals surface area (Å²) in [7, 11) is 0. The van der Waals surface area contributed by atoms with E-state index in [2.05, 4.69) is 31.1 Å². The van der Waals surface area contributed by atoms with Gasteiger partial charge in [-0.1, -0.05) is 26.0 Å². The molecule has 3 atom stereocenters. The first-order valence-electron chi connectivity index (χ1n) is 7.68. The Morgan fingerprint density at radius 1 is 1.45 bits per heavy atom. The van der Waals surface area contributed by atoms with E-state index in [-0.39, 0.29) is 0 Å². The zero-order chi connectivity index (χ0) is 14.4. The van der Waals surface area contributed by atoms with Crippen LogP contribution in [0.15, 0.2) is 6.20 Å². The maximum absolute atomic E-state index is 6.20. The lowest BCUT2D eigenvalue weighted by Crippen LogP contribution is -2.37. The van der Waals surface area contributed by atoms with Crippen molar-refractivity contribution in [1.29, 1.82) is 0 Å². The fraction of sp³-hybridized carbons (Fsp3) is 0.867. The highest BCUT2D eigenvalue weighted by Crippen LogP contribution is 2.66. The molecule has 1 aromatic heterocycles. The summed E-state index contributed by atoms with van der Waals surface area (Å²) in [6.07, 6.45) is 6.18. The molecule has 5 heteroatoms. The molecule has 112 valence electrons. The Labute approximate surface area is 120 Å². The van der Waals surface area contributed by atoms with Gasteiger partial charge in [-0.15, -0.1) is 5.10 Å². The van der Waals surface area contributed by atoms with Gasteiger partial charge in [0.2, 0.25) is 0 Å². The van der Waals surface area contributed by atoms with E-state index in [0.717, 1.165) is 18.2 Å². The molecular weight excluding hydrogens is 252 g/mol. The molecular formula is C15H26N4O. The van der Waals surface area contributed by atoms with Crippen LogP contribution >= 0.6 is 0 Å². The predicted molar refractivity (Wildman–Crippen MR) is 76.9 cm³/mol. The Balaban J connectivity index is 1.55. The van der Waals surface area contributed by atoms with Crippen molar-refractivity contribution in [2.75, 3.05) is 6.61 Å².